The number of hydrogen-bond donors (Lipinski definition) is 0. The van der Waals surface area contributed by atoms with E-state index in [1.54, 1.807) is 11.8 Å². The average Bonchev–Trinajstić information content (AvgIpc) is 2.96. The molecule has 0 radical (unpaired) electrons. The van der Waals surface area contributed by atoms with E-state index >= 15 is 0 Å². The first-order valence-electron chi connectivity index (χ1n) is 8.80. The van der Waals surface area contributed by atoms with Gasteiger partial charge in [-0.2, -0.15) is 0 Å². The Morgan fingerprint density at radius 1 is 1.27 bits per heavy atom. The molecule has 0 saturated carbocycles. The largest absolute Gasteiger partial charge is 0.469 e. The molecule has 2 rings (SSSR count). The predicted octanol–water partition coefficient (Wildman–Crippen LogP) is 3.25. The molecule has 0 amide bonds. The number of methoxy groups -OCH3 is 2. The SMILES string of the molecule is COC(=O)/C=C/CCC[C@@H]1S[C@H]2C(=C1C)C(C=O)=C[C@H](C)[C@@H]2C(=O)OC. The highest BCUT2D eigenvalue weighted by atomic mass is 32.2. The van der Waals surface area contributed by atoms with E-state index < -0.39 is 0 Å². The lowest BCUT2D eigenvalue weighted by atomic mass is 9.77. The summed E-state index contributed by atoms with van der Waals surface area (Å²) in [4.78, 5) is 34.9. The van der Waals surface area contributed by atoms with Crippen LogP contribution in [-0.4, -0.2) is 42.9 Å². The van der Waals surface area contributed by atoms with E-state index in [9.17, 15) is 14.4 Å². The minimum absolute atomic E-state index is 0.0292. The van der Waals surface area contributed by atoms with E-state index in [0.717, 1.165) is 31.1 Å². The normalized spacial score (nSPS) is 27.9. The minimum Gasteiger partial charge on any atom is -0.469 e. The molecule has 142 valence electrons. The number of carbonyl (C=O) groups is 3. The van der Waals surface area contributed by atoms with Crippen molar-refractivity contribution in [1.82, 2.24) is 0 Å². The highest BCUT2D eigenvalue weighted by Gasteiger charge is 2.46. The molecule has 1 aliphatic heterocycles. The standard InChI is InChI=1S/C20H26O5S/c1-12-10-14(11-21)18-13(2)15(8-6-5-7-9-16(22)24-3)26-19(18)17(12)20(23)25-4/h7,9-12,15,17,19H,5-6,8H2,1-4H3/b9-7+/t12-,15-,17-,19+/m0/s1. The lowest BCUT2D eigenvalue weighted by Crippen LogP contribution is -2.36. The molecule has 0 aromatic rings. The van der Waals surface area contributed by atoms with Crippen molar-refractivity contribution in [2.45, 2.75) is 43.6 Å². The predicted molar refractivity (Wildman–Crippen MR) is 102 cm³/mol. The van der Waals surface area contributed by atoms with Gasteiger partial charge in [0.05, 0.1) is 20.1 Å². The van der Waals surface area contributed by atoms with Crippen LogP contribution in [0.4, 0.5) is 0 Å². The van der Waals surface area contributed by atoms with Crippen LogP contribution in [0.5, 0.6) is 0 Å². The molecule has 0 spiro atoms. The maximum atomic E-state index is 12.3. The Kier molecular flexibility index (Phi) is 7.26. The molecule has 1 aliphatic carbocycles. The molecule has 4 atom stereocenters. The first-order chi connectivity index (χ1) is 12.4. The Morgan fingerprint density at radius 2 is 2.00 bits per heavy atom. The monoisotopic (exact) mass is 378 g/mol. The highest BCUT2D eigenvalue weighted by molar-refractivity contribution is 8.01. The molecule has 5 nitrogen and oxygen atoms in total. The average molecular weight is 378 g/mol. The molecule has 0 N–H and O–H groups in total. The van der Waals surface area contributed by atoms with Crippen LogP contribution >= 0.6 is 11.8 Å². The van der Waals surface area contributed by atoms with E-state index in [4.69, 9.17) is 4.74 Å². The van der Waals surface area contributed by atoms with Gasteiger partial charge in [0.25, 0.3) is 0 Å². The minimum atomic E-state index is -0.347. The maximum absolute atomic E-state index is 12.3. The zero-order chi connectivity index (χ0) is 19.3. The number of ether oxygens (including phenoxy) is 2. The highest BCUT2D eigenvalue weighted by Crippen LogP contribution is 2.51. The Hall–Kier alpha value is -1.82. The van der Waals surface area contributed by atoms with Gasteiger partial charge in [-0.05, 0) is 37.7 Å². The molecule has 0 unspecified atom stereocenters. The van der Waals surface area contributed by atoms with Gasteiger partial charge < -0.3 is 9.47 Å². The van der Waals surface area contributed by atoms with Crippen LogP contribution in [0.15, 0.2) is 34.9 Å². The molecule has 0 aromatic heterocycles. The van der Waals surface area contributed by atoms with Gasteiger partial charge in [0.2, 0.25) is 0 Å². The summed E-state index contributed by atoms with van der Waals surface area (Å²) < 4.78 is 9.58. The summed E-state index contributed by atoms with van der Waals surface area (Å²) in [5.74, 6) is -0.857. The van der Waals surface area contributed by atoms with Crippen molar-refractivity contribution in [2.24, 2.45) is 11.8 Å². The first-order valence-corrected chi connectivity index (χ1v) is 9.74. The van der Waals surface area contributed by atoms with Crippen LogP contribution in [0.2, 0.25) is 0 Å². The van der Waals surface area contributed by atoms with Crippen molar-refractivity contribution in [3.05, 3.63) is 34.9 Å². The first kappa shape index (κ1) is 20.5. The topological polar surface area (TPSA) is 69.7 Å². The van der Waals surface area contributed by atoms with Gasteiger partial charge in [-0.25, -0.2) is 4.79 Å². The lowest BCUT2D eigenvalue weighted by Gasteiger charge is -2.32. The second-order valence-corrected chi connectivity index (χ2v) is 8.00. The van der Waals surface area contributed by atoms with Gasteiger partial charge in [-0.1, -0.05) is 24.6 Å². The van der Waals surface area contributed by atoms with Gasteiger partial charge in [0.15, 0.2) is 0 Å². The number of thioether (sulfide) groups is 1. The molecule has 1 heterocycles. The summed E-state index contributed by atoms with van der Waals surface area (Å²) in [7, 11) is 2.77. The van der Waals surface area contributed by atoms with Crippen molar-refractivity contribution in [2.75, 3.05) is 14.2 Å². The number of aldehydes is 1. The van der Waals surface area contributed by atoms with Crippen LogP contribution in [-0.2, 0) is 23.9 Å². The van der Waals surface area contributed by atoms with Crippen LogP contribution in [0.25, 0.3) is 0 Å². The number of esters is 2. The van der Waals surface area contributed by atoms with Gasteiger partial charge in [0, 0.05) is 22.1 Å². The van der Waals surface area contributed by atoms with Crippen LogP contribution < -0.4 is 0 Å². The number of hydrogen-bond acceptors (Lipinski definition) is 6. The van der Waals surface area contributed by atoms with E-state index in [1.807, 2.05) is 19.1 Å². The Morgan fingerprint density at radius 3 is 2.62 bits per heavy atom. The molecule has 26 heavy (non-hydrogen) atoms. The van der Waals surface area contributed by atoms with E-state index in [-0.39, 0.29) is 34.3 Å². The molecule has 0 aromatic carbocycles. The van der Waals surface area contributed by atoms with Crippen molar-refractivity contribution in [3.63, 3.8) is 0 Å². The molecular weight excluding hydrogens is 352 g/mol. The number of carbonyl (C=O) groups excluding carboxylic acids is 3. The smallest absolute Gasteiger partial charge is 0.330 e. The van der Waals surface area contributed by atoms with Crippen molar-refractivity contribution in [3.8, 4) is 0 Å². The van der Waals surface area contributed by atoms with Crippen molar-refractivity contribution < 1.29 is 23.9 Å². The summed E-state index contributed by atoms with van der Waals surface area (Å²) in [6.45, 7) is 4.02. The van der Waals surface area contributed by atoms with E-state index in [0.29, 0.717) is 5.57 Å². The third kappa shape index (κ3) is 4.29. The number of fused-ring (bicyclic) bond motifs is 1. The molecular formula is C20H26O5S. The Labute approximate surface area is 158 Å². The maximum Gasteiger partial charge on any atom is 0.330 e. The molecule has 2 aliphatic rings. The fraction of sp³-hybridized carbons (Fsp3) is 0.550. The quantitative estimate of drug-likeness (QED) is 0.293. The Balaban J connectivity index is 2.10. The van der Waals surface area contributed by atoms with Gasteiger partial charge >= 0.3 is 11.9 Å². The fourth-order valence-corrected chi connectivity index (χ4v) is 5.66. The zero-order valence-electron chi connectivity index (χ0n) is 15.7. The third-order valence-corrected chi connectivity index (χ3v) is 6.78. The zero-order valence-corrected chi connectivity index (χ0v) is 16.5. The third-order valence-electron chi connectivity index (χ3n) is 5.04. The summed E-state index contributed by atoms with van der Waals surface area (Å²) in [6, 6.07) is 0. The number of allylic oxidation sites excluding steroid dienone is 3. The molecule has 0 bridgehead atoms. The lowest BCUT2D eigenvalue weighted by molar-refractivity contribution is -0.146. The van der Waals surface area contributed by atoms with Crippen molar-refractivity contribution in [1.29, 1.82) is 0 Å². The molecule has 6 heteroatoms. The van der Waals surface area contributed by atoms with Crippen LogP contribution in [0.1, 0.15) is 33.1 Å². The van der Waals surface area contributed by atoms with Crippen LogP contribution in [0.3, 0.4) is 0 Å². The number of rotatable bonds is 7. The summed E-state index contributed by atoms with van der Waals surface area (Å²) in [6.07, 6.45) is 8.68. The molecule has 0 fully saturated rings. The van der Waals surface area contributed by atoms with Gasteiger partial charge in [-0.3, -0.25) is 9.59 Å². The van der Waals surface area contributed by atoms with Crippen molar-refractivity contribution >= 4 is 30.0 Å². The second-order valence-electron chi connectivity index (χ2n) is 6.65. The second kappa shape index (κ2) is 9.21. The van der Waals surface area contributed by atoms with E-state index in [1.165, 1.54) is 25.9 Å². The summed E-state index contributed by atoms with van der Waals surface area (Å²) in [5, 5.41) is 0.237. The van der Waals surface area contributed by atoms with Gasteiger partial charge in [-0.15, -0.1) is 11.8 Å². The van der Waals surface area contributed by atoms with E-state index in [2.05, 4.69) is 11.7 Å². The van der Waals surface area contributed by atoms with Gasteiger partial charge in [0.1, 0.15) is 6.29 Å². The Bertz CT molecular complexity index is 661. The summed E-state index contributed by atoms with van der Waals surface area (Å²) in [5.41, 5.74) is 2.89. The summed E-state index contributed by atoms with van der Waals surface area (Å²) >= 11 is 1.76. The fourth-order valence-electron chi connectivity index (χ4n) is 3.68. The molecule has 0 saturated heterocycles. The number of unbranched alkanes of at least 4 members (excludes halogenated alkanes) is 1. The van der Waals surface area contributed by atoms with Crippen LogP contribution in [0, 0.1) is 11.8 Å².